The second-order valence-electron chi connectivity index (χ2n) is 3.82. The first-order valence-electron chi connectivity index (χ1n) is 5.39. The maximum atomic E-state index is 11.1. The number of aryl methyl sites for hydroxylation is 1. The molecule has 2 rings (SSSR count). The highest BCUT2D eigenvalue weighted by Gasteiger charge is 2.13. The Morgan fingerprint density at radius 3 is 2.50 bits per heavy atom. The van der Waals surface area contributed by atoms with Gasteiger partial charge in [-0.25, -0.2) is 0 Å². The summed E-state index contributed by atoms with van der Waals surface area (Å²) in [5, 5.41) is 4.10. The van der Waals surface area contributed by atoms with Gasteiger partial charge in [0.25, 0.3) is 0 Å². The fourth-order valence-corrected chi connectivity index (χ4v) is 1.82. The van der Waals surface area contributed by atoms with Crippen LogP contribution in [0, 0.1) is 0 Å². The molecule has 0 amide bonds. The van der Waals surface area contributed by atoms with Crippen LogP contribution in [0.1, 0.15) is 10.4 Å². The summed E-state index contributed by atoms with van der Waals surface area (Å²) in [5.41, 5.74) is 2.24. The molecule has 1 aromatic carbocycles. The van der Waals surface area contributed by atoms with E-state index in [9.17, 15) is 4.79 Å². The van der Waals surface area contributed by atoms with Gasteiger partial charge in [0.2, 0.25) is 0 Å². The molecule has 0 unspecified atom stereocenters. The Hall–Kier alpha value is -2.30. The minimum atomic E-state index is 0.445. The molecule has 0 saturated heterocycles. The Kier molecular flexibility index (Phi) is 3.32. The Labute approximate surface area is 105 Å². The minimum absolute atomic E-state index is 0.445. The van der Waals surface area contributed by atoms with Crippen LogP contribution in [0.5, 0.6) is 11.5 Å². The van der Waals surface area contributed by atoms with Gasteiger partial charge in [0.15, 0.2) is 17.8 Å². The predicted octanol–water partition coefficient (Wildman–Crippen LogP) is 1.92. The summed E-state index contributed by atoms with van der Waals surface area (Å²) in [7, 11) is 4.89. The van der Waals surface area contributed by atoms with E-state index in [4.69, 9.17) is 9.47 Å². The molecule has 18 heavy (non-hydrogen) atoms. The zero-order valence-corrected chi connectivity index (χ0v) is 10.5. The number of hydrogen-bond acceptors (Lipinski definition) is 4. The second-order valence-corrected chi connectivity index (χ2v) is 3.82. The number of hydrogen-bond donors (Lipinski definition) is 0. The molecule has 0 spiro atoms. The molecule has 94 valence electrons. The standard InChI is InChI=1S/C13H14N2O3/c1-15-7-11(6-14-15)9-4-10(8-16)13(18-3)12(5-9)17-2/h4-8H,1-3H3. The smallest absolute Gasteiger partial charge is 0.171 e. The van der Waals surface area contributed by atoms with Crippen molar-refractivity contribution >= 4 is 6.29 Å². The number of carbonyl (C=O) groups is 1. The van der Waals surface area contributed by atoms with E-state index in [1.807, 2.05) is 19.3 Å². The lowest BCUT2D eigenvalue weighted by molar-refractivity contribution is 0.112. The molecule has 0 aliphatic carbocycles. The SMILES string of the molecule is COc1cc(-c2cnn(C)c2)cc(C=O)c1OC. The summed E-state index contributed by atoms with van der Waals surface area (Å²) in [6.07, 6.45) is 4.35. The Morgan fingerprint density at radius 1 is 1.22 bits per heavy atom. The van der Waals surface area contributed by atoms with Gasteiger partial charge < -0.3 is 9.47 Å². The average molecular weight is 246 g/mol. The van der Waals surface area contributed by atoms with Gasteiger partial charge in [-0.1, -0.05) is 0 Å². The number of methoxy groups -OCH3 is 2. The molecule has 0 aliphatic rings. The molecule has 2 aromatic rings. The van der Waals surface area contributed by atoms with Crippen LogP contribution in [0.3, 0.4) is 0 Å². The van der Waals surface area contributed by atoms with Gasteiger partial charge in [0.1, 0.15) is 0 Å². The van der Waals surface area contributed by atoms with E-state index in [1.165, 1.54) is 7.11 Å². The van der Waals surface area contributed by atoms with Gasteiger partial charge in [-0.15, -0.1) is 0 Å². The molecular formula is C13H14N2O3. The van der Waals surface area contributed by atoms with Crippen molar-refractivity contribution in [3.63, 3.8) is 0 Å². The Morgan fingerprint density at radius 2 is 2.00 bits per heavy atom. The molecule has 0 aliphatic heterocycles. The van der Waals surface area contributed by atoms with Crippen LogP contribution in [0.15, 0.2) is 24.5 Å². The number of nitrogens with zero attached hydrogens (tertiary/aromatic N) is 2. The van der Waals surface area contributed by atoms with Crippen molar-refractivity contribution in [2.24, 2.45) is 7.05 Å². The lowest BCUT2D eigenvalue weighted by Gasteiger charge is -2.11. The van der Waals surface area contributed by atoms with Crippen LogP contribution in [0.4, 0.5) is 0 Å². The van der Waals surface area contributed by atoms with Crippen molar-refractivity contribution in [1.82, 2.24) is 9.78 Å². The molecule has 1 heterocycles. The maximum Gasteiger partial charge on any atom is 0.171 e. The molecule has 1 aromatic heterocycles. The summed E-state index contributed by atoms with van der Waals surface area (Å²) in [4.78, 5) is 11.1. The number of ether oxygens (including phenoxy) is 2. The van der Waals surface area contributed by atoms with Crippen LogP contribution in [-0.4, -0.2) is 30.3 Å². The summed E-state index contributed by atoms with van der Waals surface area (Å²) in [6, 6.07) is 3.58. The predicted molar refractivity (Wildman–Crippen MR) is 67.1 cm³/mol. The molecule has 0 fully saturated rings. The maximum absolute atomic E-state index is 11.1. The fourth-order valence-electron chi connectivity index (χ4n) is 1.82. The number of aldehydes is 1. The summed E-state index contributed by atoms with van der Waals surface area (Å²) >= 11 is 0. The van der Waals surface area contributed by atoms with E-state index in [2.05, 4.69) is 5.10 Å². The highest BCUT2D eigenvalue weighted by Crippen LogP contribution is 2.35. The number of benzene rings is 1. The monoisotopic (exact) mass is 246 g/mol. The van der Waals surface area contributed by atoms with Crippen molar-refractivity contribution in [3.05, 3.63) is 30.1 Å². The van der Waals surface area contributed by atoms with Crippen molar-refractivity contribution in [3.8, 4) is 22.6 Å². The normalized spacial score (nSPS) is 10.2. The number of aromatic nitrogens is 2. The van der Waals surface area contributed by atoms with Gasteiger partial charge in [0.05, 0.1) is 26.0 Å². The molecule has 5 heteroatoms. The zero-order valence-electron chi connectivity index (χ0n) is 10.5. The van der Waals surface area contributed by atoms with Crippen molar-refractivity contribution in [1.29, 1.82) is 0 Å². The van der Waals surface area contributed by atoms with Gasteiger partial charge >= 0.3 is 0 Å². The topological polar surface area (TPSA) is 53.4 Å². The van der Waals surface area contributed by atoms with Gasteiger partial charge in [-0.2, -0.15) is 5.10 Å². The van der Waals surface area contributed by atoms with Crippen molar-refractivity contribution < 1.29 is 14.3 Å². The highest BCUT2D eigenvalue weighted by molar-refractivity contribution is 5.85. The number of rotatable bonds is 4. The third-order valence-electron chi connectivity index (χ3n) is 2.67. The summed E-state index contributed by atoms with van der Waals surface area (Å²) in [5.74, 6) is 0.973. The first-order valence-corrected chi connectivity index (χ1v) is 5.39. The first-order chi connectivity index (χ1) is 8.69. The molecule has 0 N–H and O–H groups in total. The van der Waals surface area contributed by atoms with Crippen LogP contribution in [-0.2, 0) is 7.05 Å². The third kappa shape index (κ3) is 2.07. The van der Waals surface area contributed by atoms with Gasteiger partial charge in [-0.05, 0) is 17.7 Å². The van der Waals surface area contributed by atoms with Crippen LogP contribution >= 0.6 is 0 Å². The number of carbonyl (C=O) groups excluding carboxylic acids is 1. The van der Waals surface area contributed by atoms with E-state index < -0.39 is 0 Å². The van der Waals surface area contributed by atoms with Gasteiger partial charge in [-0.3, -0.25) is 9.48 Å². The Bertz CT molecular complexity index is 576. The Balaban J connectivity index is 2.59. The molecule has 0 atom stereocenters. The molecular weight excluding hydrogens is 232 g/mol. The van der Waals surface area contributed by atoms with Gasteiger partial charge in [0, 0.05) is 18.8 Å². The average Bonchev–Trinajstić information content (AvgIpc) is 2.83. The highest BCUT2D eigenvalue weighted by atomic mass is 16.5. The van der Waals surface area contributed by atoms with E-state index in [0.29, 0.717) is 17.1 Å². The molecule has 5 nitrogen and oxygen atoms in total. The summed E-state index contributed by atoms with van der Waals surface area (Å²) in [6.45, 7) is 0. The van der Waals surface area contributed by atoms with E-state index in [0.717, 1.165) is 17.4 Å². The van der Waals surface area contributed by atoms with Crippen LogP contribution in [0.25, 0.3) is 11.1 Å². The lowest BCUT2D eigenvalue weighted by atomic mass is 10.0. The zero-order chi connectivity index (χ0) is 13.1. The minimum Gasteiger partial charge on any atom is -0.493 e. The van der Waals surface area contributed by atoms with Crippen molar-refractivity contribution in [2.75, 3.05) is 14.2 Å². The van der Waals surface area contributed by atoms with Crippen LogP contribution in [0.2, 0.25) is 0 Å². The lowest BCUT2D eigenvalue weighted by Crippen LogP contribution is -1.96. The van der Waals surface area contributed by atoms with E-state index >= 15 is 0 Å². The second kappa shape index (κ2) is 4.91. The molecule has 0 radical (unpaired) electrons. The molecule has 0 bridgehead atoms. The fraction of sp³-hybridized carbons (Fsp3) is 0.231. The summed E-state index contributed by atoms with van der Waals surface area (Å²) < 4.78 is 12.1. The quantitative estimate of drug-likeness (QED) is 0.773. The third-order valence-corrected chi connectivity index (χ3v) is 2.67. The van der Waals surface area contributed by atoms with E-state index in [1.54, 1.807) is 24.1 Å². The van der Waals surface area contributed by atoms with E-state index in [-0.39, 0.29) is 0 Å². The molecule has 0 saturated carbocycles. The largest absolute Gasteiger partial charge is 0.493 e. The first kappa shape index (κ1) is 12.2. The van der Waals surface area contributed by atoms with Crippen molar-refractivity contribution in [2.45, 2.75) is 0 Å². The van der Waals surface area contributed by atoms with Crippen LogP contribution < -0.4 is 9.47 Å².